The first-order valence-corrected chi connectivity index (χ1v) is 5.56. The monoisotopic (exact) mass is 178 g/mol. The fraction of sp³-hybridized carbons (Fsp3) is 0.857. The maximum Gasteiger partial charge on any atom is 0.209 e. The summed E-state index contributed by atoms with van der Waals surface area (Å²) in [5.74, 6) is 0.122. The third-order valence-corrected chi connectivity index (χ3v) is 2.28. The van der Waals surface area contributed by atoms with Gasteiger partial charge >= 0.3 is 0 Å². The van der Waals surface area contributed by atoms with E-state index >= 15 is 0 Å². The molecule has 4 heteroatoms. The largest absolute Gasteiger partial charge is 0.229 e. The van der Waals surface area contributed by atoms with E-state index in [2.05, 4.69) is 6.42 Å². The molecule has 0 spiro atoms. The summed E-state index contributed by atoms with van der Waals surface area (Å²) in [4.78, 5) is 0. The molecule has 1 radical (unpaired) electrons. The van der Waals surface area contributed by atoms with Crippen LogP contribution in [0.25, 0.3) is 0 Å². The smallest absolute Gasteiger partial charge is 0.209 e. The highest BCUT2D eigenvalue weighted by Gasteiger charge is 2.00. The van der Waals surface area contributed by atoms with Gasteiger partial charge in [-0.1, -0.05) is 26.2 Å². The quantitative estimate of drug-likeness (QED) is 0.618. The van der Waals surface area contributed by atoms with Crippen LogP contribution in [0.15, 0.2) is 0 Å². The van der Waals surface area contributed by atoms with Crippen molar-refractivity contribution in [3.63, 3.8) is 0 Å². The van der Waals surface area contributed by atoms with Crippen LogP contribution in [0.5, 0.6) is 0 Å². The van der Waals surface area contributed by atoms with Crippen LogP contribution < -0.4 is 5.14 Å². The van der Waals surface area contributed by atoms with Crippen molar-refractivity contribution in [2.24, 2.45) is 5.14 Å². The molecule has 3 nitrogen and oxygen atoms in total. The van der Waals surface area contributed by atoms with Crippen molar-refractivity contribution in [1.82, 2.24) is 0 Å². The second-order valence-electron chi connectivity index (χ2n) is 2.62. The molecule has 0 unspecified atom stereocenters. The Kier molecular flexibility index (Phi) is 5.50. The predicted molar refractivity (Wildman–Crippen MR) is 46.4 cm³/mol. The highest BCUT2D eigenvalue weighted by atomic mass is 32.2. The highest BCUT2D eigenvalue weighted by molar-refractivity contribution is 7.89. The lowest BCUT2D eigenvalue weighted by Gasteiger charge is -1.97. The van der Waals surface area contributed by atoms with Crippen molar-refractivity contribution in [2.75, 3.05) is 5.75 Å². The van der Waals surface area contributed by atoms with E-state index in [9.17, 15) is 8.42 Å². The number of rotatable bonds is 6. The van der Waals surface area contributed by atoms with Gasteiger partial charge in [0.25, 0.3) is 0 Å². The Balaban J connectivity index is 3.16. The summed E-state index contributed by atoms with van der Waals surface area (Å²) < 4.78 is 20.9. The number of unbranched alkanes of at least 4 members (excludes halogenated alkanes) is 4. The molecule has 0 amide bonds. The summed E-state index contributed by atoms with van der Waals surface area (Å²) in [5.41, 5.74) is 0. The van der Waals surface area contributed by atoms with Crippen LogP contribution in [0.2, 0.25) is 0 Å². The SMILES string of the molecule is C[CH]CCCCCS(N)(=O)=O. The molecule has 0 aliphatic rings. The van der Waals surface area contributed by atoms with Crippen molar-refractivity contribution in [3.05, 3.63) is 6.42 Å². The van der Waals surface area contributed by atoms with Gasteiger partial charge in [0.1, 0.15) is 0 Å². The molecule has 0 aliphatic heterocycles. The van der Waals surface area contributed by atoms with E-state index in [4.69, 9.17) is 5.14 Å². The third-order valence-electron chi connectivity index (χ3n) is 1.42. The van der Waals surface area contributed by atoms with E-state index in [-0.39, 0.29) is 5.75 Å². The average molecular weight is 178 g/mol. The first-order chi connectivity index (χ1) is 5.06. The summed E-state index contributed by atoms with van der Waals surface area (Å²) in [6.07, 6.45) is 5.83. The van der Waals surface area contributed by atoms with E-state index in [1.54, 1.807) is 0 Å². The van der Waals surface area contributed by atoms with E-state index < -0.39 is 10.0 Å². The van der Waals surface area contributed by atoms with Gasteiger partial charge < -0.3 is 0 Å². The Morgan fingerprint density at radius 3 is 2.36 bits per heavy atom. The maximum atomic E-state index is 10.4. The van der Waals surface area contributed by atoms with Gasteiger partial charge in [0.2, 0.25) is 10.0 Å². The van der Waals surface area contributed by atoms with Gasteiger partial charge in [-0.25, -0.2) is 13.6 Å². The molecule has 11 heavy (non-hydrogen) atoms. The van der Waals surface area contributed by atoms with Gasteiger partial charge in [-0.2, -0.15) is 0 Å². The molecule has 67 valence electrons. The van der Waals surface area contributed by atoms with E-state index in [0.29, 0.717) is 6.42 Å². The van der Waals surface area contributed by atoms with Gasteiger partial charge in [-0.3, -0.25) is 0 Å². The van der Waals surface area contributed by atoms with E-state index in [1.165, 1.54) is 0 Å². The second-order valence-corrected chi connectivity index (χ2v) is 4.36. The van der Waals surface area contributed by atoms with Gasteiger partial charge in [0, 0.05) is 0 Å². The van der Waals surface area contributed by atoms with E-state index in [1.807, 2.05) is 6.92 Å². The molecule has 0 heterocycles. The van der Waals surface area contributed by atoms with Crippen LogP contribution in [-0.4, -0.2) is 14.2 Å². The lowest BCUT2D eigenvalue weighted by atomic mass is 10.2. The van der Waals surface area contributed by atoms with Crippen LogP contribution in [0.1, 0.15) is 32.6 Å². The molecule has 0 aliphatic carbocycles. The zero-order chi connectivity index (χ0) is 8.74. The average Bonchev–Trinajstić information content (AvgIpc) is 1.85. The lowest BCUT2D eigenvalue weighted by Crippen LogP contribution is -2.16. The Morgan fingerprint density at radius 1 is 1.27 bits per heavy atom. The maximum absolute atomic E-state index is 10.4. The molecule has 0 rings (SSSR count). The van der Waals surface area contributed by atoms with E-state index in [0.717, 1.165) is 19.3 Å². The first-order valence-electron chi connectivity index (χ1n) is 3.84. The van der Waals surface area contributed by atoms with Crippen molar-refractivity contribution in [3.8, 4) is 0 Å². The molecule has 0 aromatic rings. The highest BCUT2D eigenvalue weighted by Crippen LogP contribution is 2.02. The molecule has 0 bridgehead atoms. The van der Waals surface area contributed by atoms with Crippen LogP contribution >= 0.6 is 0 Å². The number of hydrogen-bond acceptors (Lipinski definition) is 2. The molecule has 0 saturated carbocycles. The normalized spacial score (nSPS) is 11.8. The van der Waals surface area contributed by atoms with Crippen molar-refractivity contribution < 1.29 is 8.42 Å². The lowest BCUT2D eigenvalue weighted by molar-refractivity contribution is 0.591. The Labute approximate surface area is 69.0 Å². The number of primary sulfonamides is 1. The number of hydrogen-bond donors (Lipinski definition) is 1. The Hall–Kier alpha value is -0.0900. The first kappa shape index (κ1) is 10.9. The fourth-order valence-corrected chi connectivity index (χ4v) is 1.43. The molecule has 0 saturated heterocycles. The minimum atomic E-state index is -3.22. The van der Waals surface area contributed by atoms with Gasteiger partial charge in [-0.05, 0) is 12.8 Å². The van der Waals surface area contributed by atoms with Crippen LogP contribution in [0, 0.1) is 6.42 Å². The molecule has 0 fully saturated rings. The zero-order valence-electron chi connectivity index (χ0n) is 6.91. The molecule has 0 atom stereocenters. The van der Waals surface area contributed by atoms with Crippen LogP contribution in [-0.2, 0) is 10.0 Å². The summed E-state index contributed by atoms with van der Waals surface area (Å²) in [5, 5.41) is 4.81. The second kappa shape index (κ2) is 5.55. The Bertz CT molecular complexity index is 175. The standard InChI is InChI=1S/C7H16NO2S/c1-2-3-4-5-6-7-11(8,9)10/h2H,3-7H2,1H3,(H2,8,9,10). The zero-order valence-corrected chi connectivity index (χ0v) is 7.73. The van der Waals surface area contributed by atoms with Gasteiger partial charge in [-0.15, -0.1) is 0 Å². The molecule has 0 aromatic carbocycles. The van der Waals surface area contributed by atoms with Crippen LogP contribution in [0.3, 0.4) is 0 Å². The number of nitrogens with two attached hydrogens (primary N) is 1. The third kappa shape index (κ3) is 9.91. The van der Waals surface area contributed by atoms with Gasteiger partial charge in [0.05, 0.1) is 5.75 Å². The Morgan fingerprint density at radius 2 is 1.91 bits per heavy atom. The summed E-state index contributed by atoms with van der Waals surface area (Å²) in [7, 11) is -3.22. The summed E-state index contributed by atoms with van der Waals surface area (Å²) >= 11 is 0. The minimum Gasteiger partial charge on any atom is -0.229 e. The molecular formula is C7H16NO2S. The van der Waals surface area contributed by atoms with Crippen molar-refractivity contribution in [1.29, 1.82) is 0 Å². The van der Waals surface area contributed by atoms with Crippen molar-refractivity contribution >= 4 is 10.0 Å². The molecule has 2 N–H and O–H groups in total. The molecule has 0 aromatic heterocycles. The topological polar surface area (TPSA) is 60.2 Å². The molecular weight excluding hydrogens is 162 g/mol. The van der Waals surface area contributed by atoms with Crippen molar-refractivity contribution in [2.45, 2.75) is 32.6 Å². The predicted octanol–water partition coefficient (Wildman–Crippen LogP) is 1.06. The minimum absolute atomic E-state index is 0.122. The van der Waals surface area contributed by atoms with Crippen LogP contribution in [0.4, 0.5) is 0 Å². The number of sulfonamides is 1. The summed E-state index contributed by atoms with van der Waals surface area (Å²) in [6, 6.07) is 0. The van der Waals surface area contributed by atoms with Gasteiger partial charge in [0.15, 0.2) is 0 Å². The fourth-order valence-electron chi connectivity index (χ4n) is 0.828. The summed E-state index contributed by atoms with van der Waals surface area (Å²) in [6.45, 7) is 2.00.